The number of aromatic nitrogens is 2. The maximum Gasteiger partial charge on any atom is 0.254 e. The van der Waals surface area contributed by atoms with Crippen molar-refractivity contribution >= 4 is 5.91 Å². The summed E-state index contributed by atoms with van der Waals surface area (Å²) in [4.78, 5) is 23.9. The van der Waals surface area contributed by atoms with E-state index in [9.17, 15) is 4.79 Å². The summed E-state index contributed by atoms with van der Waals surface area (Å²) in [6.45, 7) is 3.55. The van der Waals surface area contributed by atoms with Crippen LogP contribution in [0.1, 0.15) is 51.8 Å². The molecular formula is C20H21N3O3. The first-order valence-electron chi connectivity index (χ1n) is 9.04. The number of carbonyl (C=O) groups excluding carboxylic acids is 1. The first-order valence-corrected chi connectivity index (χ1v) is 9.04. The van der Waals surface area contributed by atoms with Crippen LogP contribution in [0.2, 0.25) is 0 Å². The Morgan fingerprint density at radius 3 is 2.85 bits per heavy atom. The van der Waals surface area contributed by atoms with Crippen LogP contribution in [0.5, 0.6) is 5.75 Å². The van der Waals surface area contributed by atoms with E-state index < -0.39 is 5.60 Å². The Labute approximate surface area is 152 Å². The number of amides is 1. The van der Waals surface area contributed by atoms with E-state index >= 15 is 0 Å². The van der Waals surface area contributed by atoms with Crippen LogP contribution in [-0.2, 0) is 16.9 Å². The second-order valence-electron chi connectivity index (χ2n) is 7.49. The molecule has 0 N–H and O–H groups in total. The van der Waals surface area contributed by atoms with Gasteiger partial charge in [-0.15, -0.1) is 0 Å². The fraction of sp³-hybridized carbons (Fsp3) is 0.450. The van der Waals surface area contributed by atoms with Crippen LogP contribution in [0.4, 0.5) is 0 Å². The first-order chi connectivity index (χ1) is 12.6. The molecule has 1 aromatic heterocycles. The number of hydrogen-bond donors (Lipinski definition) is 0. The molecule has 1 aliphatic carbocycles. The number of nitrogens with zero attached hydrogens (tertiary/aromatic N) is 3. The van der Waals surface area contributed by atoms with Crippen LogP contribution in [0.15, 0.2) is 24.4 Å². The molecule has 2 aliphatic heterocycles. The lowest BCUT2D eigenvalue weighted by molar-refractivity contribution is -0.126. The summed E-state index contributed by atoms with van der Waals surface area (Å²) in [6, 6.07) is 5.54. The van der Waals surface area contributed by atoms with E-state index in [1.165, 1.54) is 12.8 Å². The molecule has 3 heterocycles. The van der Waals surface area contributed by atoms with Crippen molar-refractivity contribution in [3.63, 3.8) is 0 Å². The van der Waals surface area contributed by atoms with Crippen molar-refractivity contribution in [3.05, 3.63) is 52.6 Å². The van der Waals surface area contributed by atoms with Crippen LogP contribution in [0.3, 0.4) is 0 Å². The van der Waals surface area contributed by atoms with Gasteiger partial charge < -0.3 is 14.4 Å². The molecule has 1 spiro atoms. The summed E-state index contributed by atoms with van der Waals surface area (Å²) >= 11 is 0. The van der Waals surface area contributed by atoms with Crippen molar-refractivity contribution in [3.8, 4) is 5.75 Å². The number of aryl methyl sites for hydroxylation is 1. The van der Waals surface area contributed by atoms with E-state index in [-0.39, 0.29) is 5.91 Å². The SMILES string of the molecule is COc1ccc(C(=O)N2CC3(C2)OCc2nc(C4CC4)ncc23)c(C)c1. The molecule has 0 unspecified atom stereocenters. The zero-order valence-corrected chi connectivity index (χ0v) is 15.0. The summed E-state index contributed by atoms with van der Waals surface area (Å²) in [6.07, 6.45) is 4.30. The summed E-state index contributed by atoms with van der Waals surface area (Å²) in [5.41, 5.74) is 3.25. The molecule has 0 atom stereocenters. The maximum absolute atomic E-state index is 12.8. The Morgan fingerprint density at radius 2 is 2.15 bits per heavy atom. The van der Waals surface area contributed by atoms with E-state index in [2.05, 4.69) is 4.98 Å². The van der Waals surface area contributed by atoms with Gasteiger partial charge in [0.1, 0.15) is 17.2 Å². The zero-order chi connectivity index (χ0) is 17.9. The summed E-state index contributed by atoms with van der Waals surface area (Å²) < 4.78 is 11.3. The Kier molecular flexibility index (Phi) is 3.34. The van der Waals surface area contributed by atoms with Crippen LogP contribution in [0, 0.1) is 6.92 Å². The molecule has 6 heteroatoms. The third-order valence-electron chi connectivity index (χ3n) is 5.65. The highest BCUT2D eigenvalue weighted by Crippen LogP contribution is 2.45. The summed E-state index contributed by atoms with van der Waals surface area (Å²) in [7, 11) is 1.63. The molecule has 0 bridgehead atoms. The van der Waals surface area contributed by atoms with Gasteiger partial charge in [0.15, 0.2) is 0 Å². The van der Waals surface area contributed by atoms with Gasteiger partial charge in [-0.25, -0.2) is 9.97 Å². The maximum atomic E-state index is 12.8. The topological polar surface area (TPSA) is 64.5 Å². The minimum atomic E-state index is -0.423. The molecule has 2 fully saturated rings. The van der Waals surface area contributed by atoms with Gasteiger partial charge in [-0.3, -0.25) is 4.79 Å². The lowest BCUT2D eigenvalue weighted by Crippen LogP contribution is -2.61. The van der Waals surface area contributed by atoms with Crippen LogP contribution in [-0.4, -0.2) is 41.0 Å². The number of methoxy groups -OCH3 is 1. The fourth-order valence-corrected chi connectivity index (χ4v) is 3.89. The molecule has 6 nitrogen and oxygen atoms in total. The van der Waals surface area contributed by atoms with Crippen LogP contribution >= 0.6 is 0 Å². The van der Waals surface area contributed by atoms with E-state index in [0.717, 1.165) is 28.4 Å². The first kappa shape index (κ1) is 15.8. The van der Waals surface area contributed by atoms with Gasteiger partial charge in [0.05, 0.1) is 32.5 Å². The third kappa shape index (κ3) is 2.32. The fourth-order valence-electron chi connectivity index (χ4n) is 3.89. The third-order valence-corrected chi connectivity index (χ3v) is 5.65. The van der Waals surface area contributed by atoms with E-state index in [1.54, 1.807) is 7.11 Å². The van der Waals surface area contributed by atoms with Crippen LogP contribution in [0.25, 0.3) is 0 Å². The quantitative estimate of drug-likeness (QED) is 0.850. The highest BCUT2D eigenvalue weighted by Gasteiger charge is 2.53. The molecule has 1 amide bonds. The molecule has 0 radical (unpaired) electrons. The minimum Gasteiger partial charge on any atom is -0.497 e. The van der Waals surface area contributed by atoms with Crippen molar-refractivity contribution in [2.75, 3.05) is 20.2 Å². The Balaban J connectivity index is 1.34. The smallest absolute Gasteiger partial charge is 0.254 e. The van der Waals surface area contributed by atoms with Crippen molar-refractivity contribution in [2.45, 2.75) is 37.9 Å². The molecule has 1 aromatic carbocycles. The van der Waals surface area contributed by atoms with Crippen molar-refractivity contribution in [2.24, 2.45) is 0 Å². The molecule has 3 aliphatic rings. The van der Waals surface area contributed by atoms with Gasteiger partial charge in [-0.05, 0) is 43.5 Å². The lowest BCUT2D eigenvalue weighted by Gasteiger charge is -2.47. The van der Waals surface area contributed by atoms with Crippen LogP contribution < -0.4 is 4.74 Å². The monoisotopic (exact) mass is 351 g/mol. The normalized spacial score (nSPS) is 20.0. The van der Waals surface area contributed by atoms with Gasteiger partial charge in [0.2, 0.25) is 0 Å². The average Bonchev–Trinajstić information content (AvgIpc) is 3.40. The van der Waals surface area contributed by atoms with Gasteiger partial charge in [-0.2, -0.15) is 0 Å². The summed E-state index contributed by atoms with van der Waals surface area (Å²) in [5.74, 6) is 2.28. The highest BCUT2D eigenvalue weighted by atomic mass is 16.5. The highest BCUT2D eigenvalue weighted by molar-refractivity contribution is 5.96. The zero-order valence-electron chi connectivity index (χ0n) is 15.0. The predicted molar refractivity (Wildman–Crippen MR) is 94.1 cm³/mol. The van der Waals surface area contributed by atoms with Gasteiger partial charge >= 0.3 is 0 Å². The van der Waals surface area contributed by atoms with Gasteiger partial charge in [0, 0.05) is 23.2 Å². The van der Waals surface area contributed by atoms with E-state index in [0.29, 0.717) is 31.2 Å². The standard InChI is InChI=1S/C20H21N3O3/c1-12-7-14(25-2)5-6-15(12)19(24)23-10-20(11-23)16-8-21-18(13-3-4-13)22-17(16)9-26-20/h5-8,13H,3-4,9-11H2,1-2H3. The molecule has 1 saturated carbocycles. The number of benzene rings is 1. The lowest BCUT2D eigenvalue weighted by atomic mass is 9.86. The number of ether oxygens (including phenoxy) is 2. The van der Waals surface area contributed by atoms with E-state index in [1.807, 2.05) is 36.2 Å². The largest absolute Gasteiger partial charge is 0.497 e. The van der Waals surface area contributed by atoms with Crippen molar-refractivity contribution in [1.29, 1.82) is 0 Å². The second kappa shape index (κ2) is 5.51. The number of rotatable bonds is 3. The van der Waals surface area contributed by atoms with Crippen molar-refractivity contribution < 1.29 is 14.3 Å². The van der Waals surface area contributed by atoms with Gasteiger partial charge in [-0.1, -0.05) is 0 Å². The molecule has 26 heavy (non-hydrogen) atoms. The Morgan fingerprint density at radius 1 is 1.35 bits per heavy atom. The van der Waals surface area contributed by atoms with Crippen molar-refractivity contribution in [1.82, 2.24) is 14.9 Å². The number of hydrogen-bond acceptors (Lipinski definition) is 5. The molecule has 5 rings (SSSR count). The number of fused-ring (bicyclic) bond motifs is 2. The van der Waals surface area contributed by atoms with E-state index in [4.69, 9.17) is 14.5 Å². The molecule has 2 aromatic rings. The Hall–Kier alpha value is -2.47. The minimum absolute atomic E-state index is 0.0309. The predicted octanol–water partition coefficient (Wildman–Crippen LogP) is 2.55. The molecule has 134 valence electrons. The van der Waals surface area contributed by atoms with Gasteiger partial charge in [0.25, 0.3) is 5.91 Å². The molecule has 1 saturated heterocycles. The summed E-state index contributed by atoms with van der Waals surface area (Å²) in [5, 5.41) is 0. The Bertz CT molecular complexity index is 901. The number of likely N-dealkylation sites (tertiary alicyclic amines) is 1. The number of carbonyl (C=O) groups is 1. The second-order valence-corrected chi connectivity index (χ2v) is 7.49. The molecular weight excluding hydrogens is 330 g/mol. The average molecular weight is 351 g/mol.